The number of nitrogens with one attached hydrogen (secondary N) is 1. The van der Waals surface area contributed by atoms with Gasteiger partial charge in [-0.3, -0.25) is 0 Å². The lowest BCUT2D eigenvalue weighted by molar-refractivity contribution is 0.184. The van der Waals surface area contributed by atoms with E-state index < -0.39 is 0 Å². The van der Waals surface area contributed by atoms with Crippen molar-refractivity contribution in [2.75, 3.05) is 18.4 Å². The SMILES string of the molecule is O=C(Nc1ccc(Cl)cc1)N1CCC[C@H](c2nc(-c3ccc(F)cc3)no2)C1. The van der Waals surface area contributed by atoms with E-state index in [0.29, 0.717) is 41.1 Å². The Morgan fingerprint density at radius 2 is 1.93 bits per heavy atom. The van der Waals surface area contributed by atoms with Crippen LogP contribution in [-0.4, -0.2) is 34.2 Å². The molecule has 1 fully saturated rings. The van der Waals surface area contributed by atoms with Crippen molar-refractivity contribution in [2.24, 2.45) is 0 Å². The second-order valence-electron chi connectivity index (χ2n) is 6.69. The third kappa shape index (κ3) is 4.14. The second kappa shape index (κ2) is 7.98. The first-order chi connectivity index (χ1) is 13.6. The van der Waals surface area contributed by atoms with E-state index in [2.05, 4.69) is 15.5 Å². The molecule has 2 amide bonds. The van der Waals surface area contributed by atoms with Crippen LogP contribution in [0.1, 0.15) is 24.7 Å². The highest BCUT2D eigenvalue weighted by molar-refractivity contribution is 6.30. The van der Waals surface area contributed by atoms with Crippen LogP contribution in [0.4, 0.5) is 14.9 Å². The number of anilines is 1. The summed E-state index contributed by atoms with van der Waals surface area (Å²) in [6, 6.07) is 12.7. The molecule has 1 N–H and O–H groups in total. The monoisotopic (exact) mass is 400 g/mol. The molecule has 2 aromatic carbocycles. The molecule has 1 aromatic heterocycles. The van der Waals surface area contributed by atoms with Gasteiger partial charge in [-0.05, 0) is 61.4 Å². The minimum atomic E-state index is -0.318. The number of halogens is 2. The van der Waals surface area contributed by atoms with Crippen LogP contribution < -0.4 is 5.32 Å². The lowest BCUT2D eigenvalue weighted by Crippen LogP contribution is -2.41. The van der Waals surface area contributed by atoms with Gasteiger partial charge < -0.3 is 14.7 Å². The normalized spacial score (nSPS) is 16.8. The van der Waals surface area contributed by atoms with E-state index in [0.717, 1.165) is 12.8 Å². The first kappa shape index (κ1) is 18.4. The number of benzene rings is 2. The summed E-state index contributed by atoms with van der Waals surface area (Å²) in [5.74, 6) is 0.551. The molecule has 2 heterocycles. The number of amides is 2. The molecule has 144 valence electrons. The number of hydrogen-bond donors (Lipinski definition) is 1. The van der Waals surface area contributed by atoms with Gasteiger partial charge in [0.15, 0.2) is 0 Å². The van der Waals surface area contributed by atoms with Crippen molar-refractivity contribution in [1.82, 2.24) is 15.0 Å². The van der Waals surface area contributed by atoms with Gasteiger partial charge in [-0.2, -0.15) is 4.98 Å². The lowest BCUT2D eigenvalue weighted by atomic mass is 9.98. The predicted octanol–water partition coefficient (Wildman–Crippen LogP) is 4.94. The molecule has 28 heavy (non-hydrogen) atoms. The van der Waals surface area contributed by atoms with E-state index in [9.17, 15) is 9.18 Å². The summed E-state index contributed by atoms with van der Waals surface area (Å²) in [6.45, 7) is 1.15. The average Bonchev–Trinajstić information content (AvgIpc) is 3.21. The highest BCUT2D eigenvalue weighted by Crippen LogP contribution is 2.28. The fraction of sp³-hybridized carbons (Fsp3) is 0.250. The molecule has 6 nitrogen and oxygen atoms in total. The summed E-state index contributed by atoms with van der Waals surface area (Å²) in [5, 5.41) is 7.49. The number of urea groups is 1. The van der Waals surface area contributed by atoms with Gasteiger partial charge in [-0.1, -0.05) is 16.8 Å². The number of nitrogens with zero attached hydrogens (tertiary/aromatic N) is 3. The smallest absolute Gasteiger partial charge is 0.321 e. The third-order valence-electron chi connectivity index (χ3n) is 4.70. The third-order valence-corrected chi connectivity index (χ3v) is 4.95. The Kier molecular flexibility index (Phi) is 5.25. The molecular formula is C20H18ClFN4O2. The predicted molar refractivity (Wildman–Crippen MR) is 104 cm³/mol. The number of aromatic nitrogens is 2. The zero-order valence-electron chi connectivity index (χ0n) is 14.9. The van der Waals surface area contributed by atoms with E-state index in [1.807, 2.05) is 0 Å². The van der Waals surface area contributed by atoms with E-state index >= 15 is 0 Å². The molecule has 1 atom stereocenters. The van der Waals surface area contributed by atoms with Gasteiger partial charge >= 0.3 is 6.03 Å². The Balaban J connectivity index is 1.43. The number of rotatable bonds is 3. The molecule has 0 radical (unpaired) electrons. The molecular weight excluding hydrogens is 383 g/mol. The second-order valence-corrected chi connectivity index (χ2v) is 7.12. The lowest BCUT2D eigenvalue weighted by Gasteiger charge is -2.31. The first-order valence-corrected chi connectivity index (χ1v) is 9.37. The fourth-order valence-electron chi connectivity index (χ4n) is 3.22. The maximum absolute atomic E-state index is 13.1. The molecule has 0 aliphatic carbocycles. The molecule has 0 spiro atoms. The van der Waals surface area contributed by atoms with Crippen LogP contribution in [0.15, 0.2) is 53.1 Å². The van der Waals surface area contributed by atoms with Gasteiger partial charge in [-0.25, -0.2) is 9.18 Å². The van der Waals surface area contributed by atoms with Gasteiger partial charge in [0, 0.05) is 29.4 Å². The highest BCUT2D eigenvalue weighted by Gasteiger charge is 2.28. The zero-order chi connectivity index (χ0) is 19.5. The number of carbonyl (C=O) groups excluding carboxylic acids is 1. The number of piperidine rings is 1. The average molecular weight is 401 g/mol. The van der Waals surface area contributed by atoms with Gasteiger partial charge in [0.1, 0.15) is 5.82 Å². The number of carbonyl (C=O) groups is 1. The van der Waals surface area contributed by atoms with Crippen LogP contribution in [0, 0.1) is 5.82 Å². The Hall–Kier alpha value is -2.93. The molecule has 0 saturated carbocycles. The molecule has 1 aliphatic heterocycles. The molecule has 4 rings (SSSR count). The van der Waals surface area contributed by atoms with E-state index in [4.69, 9.17) is 16.1 Å². The Morgan fingerprint density at radius 3 is 2.68 bits per heavy atom. The quantitative estimate of drug-likeness (QED) is 0.675. The maximum Gasteiger partial charge on any atom is 0.321 e. The fourth-order valence-corrected chi connectivity index (χ4v) is 3.34. The molecule has 0 unspecified atom stereocenters. The maximum atomic E-state index is 13.1. The van der Waals surface area contributed by atoms with E-state index in [1.165, 1.54) is 12.1 Å². The Labute approximate surface area is 166 Å². The van der Waals surface area contributed by atoms with Gasteiger partial charge in [0.25, 0.3) is 0 Å². The number of hydrogen-bond acceptors (Lipinski definition) is 4. The van der Waals surface area contributed by atoms with Crippen LogP contribution in [0.5, 0.6) is 0 Å². The molecule has 8 heteroatoms. The largest absolute Gasteiger partial charge is 0.339 e. The number of likely N-dealkylation sites (tertiary alicyclic amines) is 1. The van der Waals surface area contributed by atoms with Crippen LogP contribution in [-0.2, 0) is 0 Å². The molecule has 1 saturated heterocycles. The van der Waals surface area contributed by atoms with Crippen molar-refractivity contribution in [3.8, 4) is 11.4 Å². The van der Waals surface area contributed by atoms with Crippen molar-refractivity contribution in [1.29, 1.82) is 0 Å². The summed E-state index contributed by atoms with van der Waals surface area (Å²) >= 11 is 5.87. The van der Waals surface area contributed by atoms with Crippen LogP contribution in [0.2, 0.25) is 5.02 Å². The highest BCUT2D eigenvalue weighted by atomic mass is 35.5. The van der Waals surface area contributed by atoms with Crippen LogP contribution in [0.3, 0.4) is 0 Å². The standard InChI is InChI=1S/C20H18ClFN4O2/c21-15-5-9-17(10-6-15)23-20(27)26-11-1-2-14(12-26)19-24-18(25-28-19)13-3-7-16(22)8-4-13/h3-10,14H,1-2,11-12H2,(H,23,27)/t14-/m0/s1. The van der Waals surface area contributed by atoms with Crippen molar-refractivity contribution >= 4 is 23.3 Å². The van der Waals surface area contributed by atoms with Crippen LogP contribution in [0.25, 0.3) is 11.4 Å². The Bertz CT molecular complexity index is 959. The van der Waals surface area contributed by atoms with Crippen molar-refractivity contribution in [2.45, 2.75) is 18.8 Å². The summed E-state index contributed by atoms with van der Waals surface area (Å²) in [5.41, 5.74) is 1.37. The van der Waals surface area contributed by atoms with Gasteiger partial charge in [-0.15, -0.1) is 0 Å². The van der Waals surface area contributed by atoms with Gasteiger partial charge in [0.05, 0.1) is 5.92 Å². The van der Waals surface area contributed by atoms with Crippen molar-refractivity contribution < 1.29 is 13.7 Å². The Morgan fingerprint density at radius 1 is 1.18 bits per heavy atom. The molecule has 0 bridgehead atoms. The minimum absolute atomic E-state index is 0.0357. The minimum Gasteiger partial charge on any atom is -0.339 e. The zero-order valence-corrected chi connectivity index (χ0v) is 15.7. The van der Waals surface area contributed by atoms with E-state index in [1.54, 1.807) is 41.3 Å². The van der Waals surface area contributed by atoms with Crippen molar-refractivity contribution in [3.05, 3.63) is 65.3 Å². The van der Waals surface area contributed by atoms with Crippen molar-refractivity contribution in [3.63, 3.8) is 0 Å². The molecule has 1 aliphatic rings. The van der Waals surface area contributed by atoms with Gasteiger partial charge in [0.2, 0.25) is 11.7 Å². The first-order valence-electron chi connectivity index (χ1n) is 8.99. The molecule has 3 aromatic rings. The summed E-state index contributed by atoms with van der Waals surface area (Å²) in [7, 11) is 0. The van der Waals surface area contributed by atoms with Crippen LogP contribution >= 0.6 is 11.6 Å². The summed E-state index contributed by atoms with van der Waals surface area (Å²) < 4.78 is 18.5. The topological polar surface area (TPSA) is 71.3 Å². The summed E-state index contributed by atoms with van der Waals surface area (Å²) in [4.78, 5) is 18.8. The summed E-state index contributed by atoms with van der Waals surface area (Å²) in [6.07, 6.45) is 1.70. The van der Waals surface area contributed by atoms with E-state index in [-0.39, 0.29) is 17.8 Å².